The Bertz CT molecular complexity index is 667. The molecular formula is C13H7BrN4. The summed E-state index contributed by atoms with van der Waals surface area (Å²) < 4.78 is 0.724. The lowest BCUT2D eigenvalue weighted by molar-refractivity contribution is 1.26. The van der Waals surface area contributed by atoms with Crippen molar-refractivity contribution in [2.75, 3.05) is 5.32 Å². The number of anilines is 2. The molecule has 0 spiro atoms. The topological polar surface area (TPSA) is 72.5 Å². The molecule has 0 unspecified atom stereocenters. The Morgan fingerprint density at radius 2 is 1.83 bits per heavy atom. The largest absolute Gasteiger partial charge is 0.340 e. The summed E-state index contributed by atoms with van der Waals surface area (Å²) in [6.45, 7) is 0. The van der Waals surface area contributed by atoms with Gasteiger partial charge in [-0.2, -0.15) is 10.5 Å². The van der Waals surface area contributed by atoms with E-state index in [0.29, 0.717) is 16.9 Å². The first-order valence-corrected chi connectivity index (χ1v) is 5.86. The van der Waals surface area contributed by atoms with Gasteiger partial charge in [-0.15, -0.1) is 0 Å². The third-order valence-corrected chi connectivity index (χ3v) is 2.69. The van der Waals surface area contributed by atoms with Crippen LogP contribution >= 0.6 is 15.9 Å². The molecule has 1 N–H and O–H groups in total. The summed E-state index contributed by atoms with van der Waals surface area (Å²) in [5.74, 6) is 0.665. The van der Waals surface area contributed by atoms with Crippen molar-refractivity contribution in [3.63, 3.8) is 0 Å². The first-order chi connectivity index (χ1) is 8.72. The molecule has 0 aliphatic heterocycles. The maximum absolute atomic E-state index is 8.93. The van der Waals surface area contributed by atoms with Crippen molar-refractivity contribution in [1.82, 2.24) is 4.98 Å². The molecule has 5 heteroatoms. The number of nitrogens with zero attached hydrogens (tertiary/aromatic N) is 3. The van der Waals surface area contributed by atoms with Gasteiger partial charge < -0.3 is 5.32 Å². The Balaban J connectivity index is 2.31. The van der Waals surface area contributed by atoms with Crippen LogP contribution < -0.4 is 5.32 Å². The molecule has 0 saturated carbocycles. The molecule has 0 saturated heterocycles. The minimum absolute atomic E-state index is 0.345. The zero-order valence-electron chi connectivity index (χ0n) is 9.18. The fourth-order valence-corrected chi connectivity index (χ4v) is 1.78. The predicted octanol–water partition coefficient (Wildman–Crippen LogP) is 3.33. The van der Waals surface area contributed by atoms with E-state index >= 15 is 0 Å². The standard InChI is InChI=1S/C13H7BrN4/c14-12-2-1-3-13(18-12)17-11-5-4-9(7-15)10(6-11)8-16/h1-6H,(H,17,18). The number of pyridine rings is 1. The van der Waals surface area contributed by atoms with E-state index in [1.165, 1.54) is 0 Å². The van der Waals surface area contributed by atoms with Crippen molar-refractivity contribution in [3.8, 4) is 12.1 Å². The minimum Gasteiger partial charge on any atom is -0.340 e. The number of benzene rings is 1. The number of rotatable bonds is 2. The van der Waals surface area contributed by atoms with Crippen molar-refractivity contribution in [2.45, 2.75) is 0 Å². The van der Waals surface area contributed by atoms with E-state index in [0.717, 1.165) is 10.3 Å². The average molecular weight is 299 g/mol. The Hall–Kier alpha value is -2.37. The highest BCUT2D eigenvalue weighted by molar-refractivity contribution is 9.10. The molecule has 0 atom stereocenters. The van der Waals surface area contributed by atoms with Crippen LogP contribution in [0.5, 0.6) is 0 Å². The second kappa shape index (κ2) is 5.31. The van der Waals surface area contributed by atoms with Gasteiger partial charge >= 0.3 is 0 Å². The van der Waals surface area contributed by atoms with E-state index in [2.05, 4.69) is 26.2 Å². The van der Waals surface area contributed by atoms with Crippen LogP contribution in [0.1, 0.15) is 11.1 Å². The van der Waals surface area contributed by atoms with Gasteiger partial charge in [-0.05, 0) is 46.3 Å². The molecule has 1 heterocycles. The lowest BCUT2D eigenvalue weighted by Crippen LogP contribution is -1.95. The van der Waals surface area contributed by atoms with Gasteiger partial charge in [0, 0.05) is 5.69 Å². The Morgan fingerprint density at radius 1 is 1.06 bits per heavy atom. The summed E-state index contributed by atoms with van der Waals surface area (Å²) in [5.41, 5.74) is 1.43. The van der Waals surface area contributed by atoms with Gasteiger partial charge in [0.25, 0.3) is 0 Å². The average Bonchev–Trinajstić information content (AvgIpc) is 2.38. The van der Waals surface area contributed by atoms with Crippen LogP contribution in [0.2, 0.25) is 0 Å². The highest BCUT2D eigenvalue weighted by Gasteiger charge is 2.03. The van der Waals surface area contributed by atoms with E-state index in [9.17, 15) is 0 Å². The van der Waals surface area contributed by atoms with Gasteiger partial charge in [-0.25, -0.2) is 4.98 Å². The van der Waals surface area contributed by atoms with E-state index < -0.39 is 0 Å². The normalized spacial score (nSPS) is 9.28. The van der Waals surface area contributed by atoms with Crippen molar-refractivity contribution in [2.24, 2.45) is 0 Å². The summed E-state index contributed by atoms with van der Waals surface area (Å²) >= 11 is 3.28. The first-order valence-electron chi connectivity index (χ1n) is 5.07. The molecule has 0 amide bonds. The van der Waals surface area contributed by atoms with Crippen LogP contribution in [-0.2, 0) is 0 Å². The number of hydrogen-bond acceptors (Lipinski definition) is 4. The van der Waals surface area contributed by atoms with Gasteiger partial charge in [-0.1, -0.05) is 6.07 Å². The van der Waals surface area contributed by atoms with Crippen LogP contribution in [0.25, 0.3) is 0 Å². The molecular weight excluding hydrogens is 292 g/mol. The van der Waals surface area contributed by atoms with Gasteiger partial charge in [0.05, 0.1) is 11.1 Å². The lowest BCUT2D eigenvalue weighted by Gasteiger charge is -2.06. The van der Waals surface area contributed by atoms with Gasteiger partial charge in [0.15, 0.2) is 0 Å². The lowest BCUT2D eigenvalue weighted by atomic mass is 10.1. The second-order valence-electron chi connectivity index (χ2n) is 3.45. The van der Waals surface area contributed by atoms with Crippen LogP contribution in [0, 0.1) is 22.7 Å². The van der Waals surface area contributed by atoms with E-state index in [1.54, 1.807) is 18.2 Å². The summed E-state index contributed by atoms with van der Waals surface area (Å²) in [6.07, 6.45) is 0. The smallest absolute Gasteiger partial charge is 0.131 e. The fraction of sp³-hybridized carbons (Fsp3) is 0. The maximum atomic E-state index is 8.93. The SMILES string of the molecule is N#Cc1ccc(Nc2cccc(Br)n2)cc1C#N. The van der Waals surface area contributed by atoms with E-state index in [-0.39, 0.29) is 0 Å². The monoisotopic (exact) mass is 298 g/mol. The van der Waals surface area contributed by atoms with Crippen LogP contribution in [-0.4, -0.2) is 4.98 Å². The van der Waals surface area contributed by atoms with Crippen LogP contribution in [0.4, 0.5) is 11.5 Å². The van der Waals surface area contributed by atoms with Crippen LogP contribution in [0.15, 0.2) is 41.0 Å². The molecule has 0 radical (unpaired) electrons. The Kier molecular flexibility index (Phi) is 3.57. The number of hydrogen-bond donors (Lipinski definition) is 1. The molecule has 0 fully saturated rings. The number of nitrogens with one attached hydrogen (secondary N) is 1. The predicted molar refractivity (Wildman–Crippen MR) is 71.1 cm³/mol. The molecule has 2 rings (SSSR count). The van der Waals surface area contributed by atoms with Crippen molar-refractivity contribution < 1.29 is 0 Å². The van der Waals surface area contributed by atoms with Gasteiger partial charge in [0.2, 0.25) is 0 Å². The summed E-state index contributed by atoms with van der Waals surface area (Å²) in [5, 5.41) is 20.8. The second-order valence-corrected chi connectivity index (χ2v) is 4.27. The molecule has 0 aliphatic carbocycles. The minimum atomic E-state index is 0.345. The summed E-state index contributed by atoms with van der Waals surface area (Å²) in [4.78, 5) is 4.22. The summed E-state index contributed by atoms with van der Waals surface area (Å²) in [6, 6.07) is 14.4. The molecule has 4 nitrogen and oxygen atoms in total. The highest BCUT2D eigenvalue weighted by atomic mass is 79.9. The Morgan fingerprint density at radius 3 is 2.50 bits per heavy atom. The van der Waals surface area contributed by atoms with Crippen molar-refractivity contribution in [3.05, 3.63) is 52.1 Å². The number of nitriles is 2. The third-order valence-electron chi connectivity index (χ3n) is 2.25. The van der Waals surface area contributed by atoms with Crippen molar-refractivity contribution >= 4 is 27.4 Å². The maximum Gasteiger partial charge on any atom is 0.131 e. The van der Waals surface area contributed by atoms with Gasteiger partial charge in [0.1, 0.15) is 22.6 Å². The Labute approximate surface area is 113 Å². The highest BCUT2D eigenvalue weighted by Crippen LogP contribution is 2.19. The zero-order valence-corrected chi connectivity index (χ0v) is 10.8. The van der Waals surface area contributed by atoms with Crippen LogP contribution in [0.3, 0.4) is 0 Å². The molecule has 0 aliphatic rings. The molecule has 86 valence electrons. The number of halogens is 1. The molecule has 18 heavy (non-hydrogen) atoms. The third kappa shape index (κ3) is 2.65. The van der Waals surface area contributed by atoms with E-state index in [1.807, 2.05) is 30.3 Å². The summed E-state index contributed by atoms with van der Waals surface area (Å²) in [7, 11) is 0. The number of aromatic nitrogens is 1. The van der Waals surface area contributed by atoms with Gasteiger partial charge in [-0.3, -0.25) is 0 Å². The molecule has 0 bridgehead atoms. The zero-order chi connectivity index (χ0) is 13.0. The quantitative estimate of drug-likeness (QED) is 0.863. The first kappa shape index (κ1) is 12.1. The van der Waals surface area contributed by atoms with Crippen molar-refractivity contribution in [1.29, 1.82) is 10.5 Å². The molecule has 1 aromatic carbocycles. The molecule has 2 aromatic rings. The van der Waals surface area contributed by atoms with E-state index in [4.69, 9.17) is 10.5 Å². The molecule has 1 aromatic heterocycles. The fourth-order valence-electron chi connectivity index (χ4n) is 1.44.